The number of fused-ring (bicyclic) bond motifs is 1. The summed E-state index contributed by atoms with van der Waals surface area (Å²) >= 11 is 0. The molecule has 1 aromatic heterocycles. The minimum Gasteiger partial charge on any atom is -0.467 e. The van der Waals surface area contributed by atoms with Gasteiger partial charge in [0.2, 0.25) is 5.43 Å². The average Bonchev–Trinajstić information content (AvgIpc) is 2.38. The van der Waals surface area contributed by atoms with Gasteiger partial charge in [0.15, 0.2) is 5.54 Å². The van der Waals surface area contributed by atoms with Gasteiger partial charge in [0, 0.05) is 5.39 Å². The van der Waals surface area contributed by atoms with Gasteiger partial charge in [-0.2, -0.15) is 5.10 Å². The minimum atomic E-state index is -0.970. The van der Waals surface area contributed by atoms with Crippen LogP contribution in [0.25, 0.3) is 10.9 Å². The zero-order valence-corrected chi connectivity index (χ0v) is 10.5. The smallest absolute Gasteiger partial charge is 0.333 e. The second kappa shape index (κ2) is 4.25. The summed E-state index contributed by atoms with van der Waals surface area (Å²) < 4.78 is 6.28. The van der Waals surface area contributed by atoms with E-state index < -0.39 is 11.5 Å². The fourth-order valence-corrected chi connectivity index (χ4v) is 1.89. The number of methoxy groups -OCH3 is 1. The lowest BCUT2D eigenvalue weighted by atomic mass is 10.1. The summed E-state index contributed by atoms with van der Waals surface area (Å²) in [5.41, 5.74) is -0.523. The molecular weight excluding hydrogens is 232 g/mol. The minimum absolute atomic E-state index is 0.164. The van der Waals surface area contributed by atoms with Crippen LogP contribution in [0.5, 0.6) is 0 Å². The predicted octanol–water partition coefficient (Wildman–Crippen LogP) is 1.30. The molecule has 5 nitrogen and oxygen atoms in total. The van der Waals surface area contributed by atoms with Gasteiger partial charge in [-0.3, -0.25) is 4.79 Å². The van der Waals surface area contributed by atoms with Gasteiger partial charge >= 0.3 is 5.97 Å². The van der Waals surface area contributed by atoms with Crippen LogP contribution >= 0.6 is 0 Å². The van der Waals surface area contributed by atoms with E-state index in [4.69, 9.17) is 4.74 Å². The lowest BCUT2D eigenvalue weighted by Gasteiger charge is -2.25. The molecule has 1 heterocycles. The average molecular weight is 246 g/mol. The maximum atomic E-state index is 11.8. The first-order chi connectivity index (χ1) is 8.48. The summed E-state index contributed by atoms with van der Waals surface area (Å²) in [4.78, 5) is 23.5. The number of nitrogens with zero attached hydrogens (tertiary/aromatic N) is 2. The van der Waals surface area contributed by atoms with Crippen molar-refractivity contribution in [2.75, 3.05) is 7.11 Å². The molecule has 0 saturated carbocycles. The standard InChI is InChI=1S/C13H14N2O3/c1-13(2,12(17)18-3)15-10-7-5-4-6-9(10)11(16)8-14-15/h4-8H,1-3H3. The van der Waals surface area contributed by atoms with E-state index in [1.165, 1.54) is 18.0 Å². The van der Waals surface area contributed by atoms with Crippen molar-refractivity contribution in [3.05, 3.63) is 40.7 Å². The summed E-state index contributed by atoms with van der Waals surface area (Å²) in [6.07, 6.45) is 1.22. The van der Waals surface area contributed by atoms with Crippen molar-refractivity contribution < 1.29 is 9.53 Å². The first-order valence-corrected chi connectivity index (χ1v) is 5.54. The van der Waals surface area contributed by atoms with E-state index in [2.05, 4.69) is 5.10 Å². The van der Waals surface area contributed by atoms with E-state index in [0.29, 0.717) is 10.9 Å². The number of benzene rings is 1. The van der Waals surface area contributed by atoms with E-state index in [1.807, 2.05) is 0 Å². The van der Waals surface area contributed by atoms with Gasteiger partial charge in [0.05, 0.1) is 18.8 Å². The summed E-state index contributed by atoms with van der Waals surface area (Å²) in [5.74, 6) is -0.413. The highest BCUT2D eigenvalue weighted by atomic mass is 16.5. The molecule has 0 aliphatic rings. The Kier molecular flexibility index (Phi) is 2.90. The Morgan fingerprint density at radius 3 is 2.67 bits per heavy atom. The van der Waals surface area contributed by atoms with E-state index in [9.17, 15) is 9.59 Å². The summed E-state index contributed by atoms with van der Waals surface area (Å²) in [5, 5.41) is 4.58. The van der Waals surface area contributed by atoms with Crippen molar-refractivity contribution >= 4 is 16.9 Å². The van der Waals surface area contributed by atoms with Gasteiger partial charge < -0.3 is 4.74 Å². The molecule has 2 aromatic rings. The number of rotatable bonds is 2. The molecule has 0 saturated heterocycles. The van der Waals surface area contributed by atoms with E-state index in [-0.39, 0.29) is 5.43 Å². The largest absolute Gasteiger partial charge is 0.467 e. The first kappa shape index (κ1) is 12.3. The molecule has 0 aliphatic carbocycles. The lowest BCUT2D eigenvalue weighted by molar-refractivity contribution is -0.149. The Labute approximate surface area is 104 Å². The van der Waals surface area contributed by atoms with E-state index in [1.54, 1.807) is 38.1 Å². The fraction of sp³-hybridized carbons (Fsp3) is 0.308. The van der Waals surface area contributed by atoms with Crippen molar-refractivity contribution in [3.63, 3.8) is 0 Å². The Morgan fingerprint density at radius 1 is 1.33 bits per heavy atom. The Hall–Kier alpha value is -2.17. The second-order valence-corrected chi connectivity index (χ2v) is 4.49. The molecule has 1 aromatic carbocycles. The maximum absolute atomic E-state index is 11.8. The molecule has 0 amide bonds. The third-order valence-corrected chi connectivity index (χ3v) is 2.90. The fourth-order valence-electron chi connectivity index (χ4n) is 1.89. The molecule has 2 rings (SSSR count). The first-order valence-electron chi connectivity index (χ1n) is 5.54. The number of carbonyl (C=O) groups excluding carboxylic acids is 1. The van der Waals surface area contributed by atoms with Gasteiger partial charge in [-0.05, 0) is 26.0 Å². The van der Waals surface area contributed by atoms with Gasteiger partial charge in [0.25, 0.3) is 0 Å². The second-order valence-electron chi connectivity index (χ2n) is 4.49. The van der Waals surface area contributed by atoms with Crippen molar-refractivity contribution in [3.8, 4) is 0 Å². The topological polar surface area (TPSA) is 61.2 Å². The highest BCUT2D eigenvalue weighted by Gasteiger charge is 2.32. The van der Waals surface area contributed by atoms with E-state index in [0.717, 1.165) is 0 Å². The van der Waals surface area contributed by atoms with Crippen molar-refractivity contribution in [2.45, 2.75) is 19.4 Å². The molecular formula is C13H14N2O3. The summed E-state index contributed by atoms with van der Waals surface area (Å²) in [7, 11) is 1.33. The summed E-state index contributed by atoms with van der Waals surface area (Å²) in [6, 6.07) is 7.05. The molecule has 0 aliphatic heterocycles. The van der Waals surface area contributed by atoms with Crippen LogP contribution in [0.1, 0.15) is 13.8 Å². The van der Waals surface area contributed by atoms with Crippen LogP contribution in [-0.2, 0) is 15.1 Å². The molecule has 0 spiro atoms. The SMILES string of the molecule is COC(=O)C(C)(C)n1ncc(=O)c2ccccc21. The third kappa shape index (κ3) is 1.77. The Bertz CT molecular complexity index is 659. The molecule has 0 N–H and O–H groups in total. The van der Waals surface area contributed by atoms with Crippen LogP contribution in [0.2, 0.25) is 0 Å². The van der Waals surface area contributed by atoms with Crippen LogP contribution in [0.3, 0.4) is 0 Å². The molecule has 0 fully saturated rings. The number of ether oxygens (including phenoxy) is 1. The highest BCUT2D eigenvalue weighted by molar-refractivity contribution is 5.83. The molecule has 5 heteroatoms. The molecule has 0 unspecified atom stereocenters. The van der Waals surface area contributed by atoms with Crippen molar-refractivity contribution in [1.29, 1.82) is 0 Å². The van der Waals surface area contributed by atoms with Crippen LogP contribution in [-0.4, -0.2) is 22.9 Å². The monoisotopic (exact) mass is 246 g/mol. The molecule has 18 heavy (non-hydrogen) atoms. The predicted molar refractivity (Wildman–Crippen MR) is 67.3 cm³/mol. The normalized spacial score (nSPS) is 11.5. The van der Waals surface area contributed by atoms with Gasteiger partial charge in [0.1, 0.15) is 0 Å². The van der Waals surface area contributed by atoms with Gasteiger partial charge in [-0.1, -0.05) is 12.1 Å². The van der Waals surface area contributed by atoms with Crippen LogP contribution < -0.4 is 5.43 Å². The zero-order valence-electron chi connectivity index (χ0n) is 10.5. The molecule has 0 bridgehead atoms. The number of aromatic nitrogens is 2. The number of hydrogen-bond donors (Lipinski definition) is 0. The molecule has 0 atom stereocenters. The highest BCUT2D eigenvalue weighted by Crippen LogP contribution is 2.20. The summed E-state index contributed by atoms with van der Waals surface area (Å²) in [6.45, 7) is 3.39. The van der Waals surface area contributed by atoms with Gasteiger partial charge in [-0.15, -0.1) is 0 Å². The van der Waals surface area contributed by atoms with Crippen molar-refractivity contribution in [2.24, 2.45) is 0 Å². The third-order valence-electron chi connectivity index (χ3n) is 2.90. The van der Waals surface area contributed by atoms with E-state index >= 15 is 0 Å². The number of hydrogen-bond acceptors (Lipinski definition) is 4. The lowest BCUT2D eigenvalue weighted by Crippen LogP contribution is -2.39. The number of esters is 1. The quantitative estimate of drug-likeness (QED) is 0.749. The Morgan fingerprint density at radius 2 is 2.00 bits per heavy atom. The van der Waals surface area contributed by atoms with Gasteiger partial charge in [-0.25, -0.2) is 9.48 Å². The Balaban J connectivity index is 2.77. The molecule has 0 radical (unpaired) electrons. The van der Waals surface area contributed by atoms with Crippen LogP contribution in [0.4, 0.5) is 0 Å². The maximum Gasteiger partial charge on any atom is 0.333 e. The number of carbonyl (C=O) groups is 1. The number of para-hydroxylation sites is 1. The van der Waals surface area contributed by atoms with Crippen molar-refractivity contribution in [1.82, 2.24) is 9.78 Å². The molecule has 94 valence electrons. The van der Waals surface area contributed by atoms with Crippen LogP contribution in [0.15, 0.2) is 35.3 Å². The zero-order chi connectivity index (χ0) is 13.3. The van der Waals surface area contributed by atoms with Crippen LogP contribution in [0, 0.1) is 0 Å².